The summed E-state index contributed by atoms with van der Waals surface area (Å²) in [5.41, 5.74) is 0.605. The van der Waals surface area contributed by atoms with Crippen LogP contribution >= 0.6 is 11.8 Å². The molecule has 1 aromatic carbocycles. The smallest absolute Gasteiger partial charge is 0.261 e. The summed E-state index contributed by atoms with van der Waals surface area (Å²) in [6.45, 7) is 0.762. The maximum atomic E-state index is 12.3. The molecule has 104 valence electrons. The summed E-state index contributed by atoms with van der Waals surface area (Å²) >= 11 is 1.38. The van der Waals surface area contributed by atoms with Crippen molar-refractivity contribution in [3.63, 3.8) is 0 Å². The topological polar surface area (TPSA) is 55.2 Å². The Morgan fingerprint density at radius 1 is 1.25 bits per heavy atom. The summed E-state index contributed by atoms with van der Waals surface area (Å²) in [5.74, 6) is 0.109. The number of carbonyl (C=O) groups excluding carboxylic acids is 1. The number of para-hydroxylation sites is 1. The van der Waals surface area contributed by atoms with Crippen molar-refractivity contribution >= 4 is 28.6 Å². The molecule has 1 fully saturated rings. The zero-order valence-corrected chi connectivity index (χ0v) is 12.2. The van der Waals surface area contributed by atoms with E-state index in [1.165, 1.54) is 16.3 Å². The van der Waals surface area contributed by atoms with Crippen LogP contribution in [0.4, 0.5) is 0 Å². The molecule has 6 heteroatoms. The molecule has 0 bridgehead atoms. The second kappa shape index (κ2) is 4.94. The Kier molecular flexibility index (Phi) is 3.25. The fraction of sp³-hybridized carbons (Fsp3) is 0.357. The molecule has 1 unspecified atom stereocenters. The van der Waals surface area contributed by atoms with Crippen LogP contribution in [-0.4, -0.2) is 39.2 Å². The van der Waals surface area contributed by atoms with Gasteiger partial charge in [0.2, 0.25) is 5.91 Å². The van der Waals surface area contributed by atoms with Gasteiger partial charge in [-0.3, -0.25) is 14.2 Å². The van der Waals surface area contributed by atoms with E-state index in [0.29, 0.717) is 16.1 Å². The van der Waals surface area contributed by atoms with Gasteiger partial charge in [0, 0.05) is 20.6 Å². The summed E-state index contributed by atoms with van der Waals surface area (Å²) < 4.78 is 1.53. The highest BCUT2D eigenvalue weighted by Crippen LogP contribution is 2.28. The monoisotopic (exact) mass is 289 g/mol. The Morgan fingerprint density at radius 2 is 2.00 bits per heavy atom. The number of fused-ring (bicyclic) bond motifs is 1. The van der Waals surface area contributed by atoms with Gasteiger partial charge in [0.1, 0.15) is 0 Å². The van der Waals surface area contributed by atoms with E-state index in [1.807, 2.05) is 18.2 Å². The van der Waals surface area contributed by atoms with Crippen LogP contribution in [0.1, 0.15) is 6.42 Å². The molecule has 1 aliphatic rings. The van der Waals surface area contributed by atoms with E-state index in [9.17, 15) is 9.59 Å². The number of hydrogen-bond donors (Lipinski definition) is 0. The number of likely N-dealkylation sites (tertiary alicyclic amines) is 1. The highest BCUT2D eigenvalue weighted by Gasteiger charge is 2.31. The van der Waals surface area contributed by atoms with Gasteiger partial charge in [-0.05, 0) is 18.6 Å². The van der Waals surface area contributed by atoms with E-state index in [2.05, 4.69) is 4.98 Å². The first kappa shape index (κ1) is 13.2. The number of carbonyl (C=O) groups is 1. The molecule has 2 heterocycles. The molecule has 1 amide bonds. The lowest BCUT2D eigenvalue weighted by molar-refractivity contribution is -0.126. The first-order valence-corrected chi connectivity index (χ1v) is 7.33. The van der Waals surface area contributed by atoms with Gasteiger partial charge in [0.15, 0.2) is 5.16 Å². The molecular formula is C14H15N3O2S. The molecule has 20 heavy (non-hydrogen) atoms. The predicted octanol–water partition coefficient (Wildman–Crippen LogP) is 1.26. The predicted molar refractivity (Wildman–Crippen MR) is 78.9 cm³/mol. The van der Waals surface area contributed by atoms with E-state index in [4.69, 9.17) is 0 Å². The third kappa shape index (κ3) is 2.10. The molecule has 0 spiro atoms. The molecule has 2 aromatic rings. The van der Waals surface area contributed by atoms with Crippen LogP contribution < -0.4 is 5.56 Å². The van der Waals surface area contributed by atoms with Crippen LogP contribution in [0, 0.1) is 0 Å². The van der Waals surface area contributed by atoms with Crippen LogP contribution in [0.2, 0.25) is 0 Å². The number of thioether (sulfide) groups is 1. The molecule has 0 radical (unpaired) electrons. The molecule has 0 saturated carbocycles. The van der Waals surface area contributed by atoms with Gasteiger partial charge in [-0.15, -0.1) is 0 Å². The lowest BCUT2D eigenvalue weighted by Crippen LogP contribution is -2.25. The number of hydrogen-bond acceptors (Lipinski definition) is 4. The van der Waals surface area contributed by atoms with Crippen molar-refractivity contribution in [2.75, 3.05) is 13.6 Å². The van der Waals surface area contributed by atoms with Crippen molar-refractivity contribution in [2.45, 2.75) is 16.8 Å². The summed E-state index contributed by atoms with van der Waals surface area (Å²) in [6.07, 6.45) is 0.794. The first-order chi connectivity index (χ1) is 9.58. The van der Waals surface area contributed by atoms with E-state index < -0.39 is 0 Å². The number of rotatable bonds is 2. The third-order valence-electron chi connectivity index (χ3n) is 3.57. The van der Waals surface area contributed by atoms with Gasteiger partial charge in [-0.1, -0.05) is 23.9 Å². The van der Waals surface area contributed by atoms with Crippen LogP contribution in [0.15, 0.2) is 34.2 Å². The highest BCUT2D eigenvalue weighted by molar-refractivity contribution is 8.00. The minimum Gasteiger partial charge on any atom is -0.345 e. The van der Waals surface area contributed by atoms with Crippen molar-refractivity contribution in [1.29, 1.82) is 0 Å². The van der Waals surface area contributed by atoms with Crippen molar-refractivity contribution in [3.05, 3.63) is 34.6 Å². The average molecular weight is 289 g/mol. The second-order valence-electron chi connectivity index (χ2n) is 4.93. The van der Waals surface area contributed by atoms with Crippen LogP contribution in [0.25, 0.3) is 10.9 Å². The largest absolute Gasteiger partial charge is 0.345 e. The Balaban J connectivity index is 2.02. The molecule has 3 rings (SSSR count). The van der Waals surface area contributed by atoms with Crippen LogP contribution in [0.5, 0.6) is 0 Å². The molecule has 5 nitrogen and oxygen atoms in total. The van der Waals surface area contributed by atoms with Crippen molar-refractivity contribution in [3.8, 4) is 0 Å². The van der Waals surface area contributed by atoms with Gasteiger partial charge in [0.25, 0.3) is 5.56 Å². The molecule has 0 aliphatic carbocycles. The third-order valence-corrected chi connectivity index (χ3v) is 4.87. The maximum Gasteiger partial charge on any atom is 0.261 e. The molecular weight excluding hydrogens is 274 g/mol. The molecule has 1 aromatic heterocycles. The van der Waals surface area contributed by atoms with Gasteiger partial charge >= 0.3 is 0 Å². The minimum absolute atomic E-state index is 0.0723. The van der Waals surface area contributed by atoms with Crippen molar-refractivity contribution in [1.82, 2.24) is 14.5 Å². The van der Waals surface area contributed by atoms with Gasteiger partial charge in [-0.25, -0.2) is 4.98 Å². The number of nitrogens with zero attached hydrogens (tertiary/aromatic N) is 3. The standard InChI is InChI=1S/C14H15N3O2S/c1-16-8-7-11(13(16)19)20-14-15-10-6-4-3-5-9(10)12(18)17(14)2/h3-6,11H,7-8H2,1-2H3. The zero-order valence-electron chi connectivity index (χ0n) is 11.4. The molecule has 0 N–H and O–H groups in total. The SMILES string of the molecule is CN1CCC(Sc2nc3ccccc3c(=O)n2C)C1=O. The number of aromatic nitrogens is 2. The summed E-state index contributed by atoms with van der Waals surface area (Å²) in [6, 6.07) is 7.28. The summed E-state index contributed by atoms with van der Waals surface area (Å²) in [5, 5.41) is 1.07. The molecule has 1 atom stereocenters. The average Bonchev–Trinajstić information content (AvgIpc) is 2.76. The van der Waals surface area contributed by atoms with E-state index in [0.717, 1.165) is 13.0 Å². The second-order valence-corrected chi connectivity index (χ2v) is 6.10. The van der Waals surface area contributed by atoms with Gasteiger partial charge in [-0.2, -0.15) is 0 Å². The highest BCUT2D eigenvalue weighted by atomic mass is 32.2. The molecule has 1 saturated heterocycles. The van der Waals surface area contributed by atoms with Crippen molar-refractivity contribution < 1.29 is 4.79 Å². The van der Waals surface area contributed by atoms with E-state index >= 15 is 0 Å². The van der Waals surface area contributed by atoms with Crippen LogP contribution in [-0.2, 0) is 11.8 Å². The number of benzene rings is 1. The lowest BCUT2D eigenvalue weighted by Gasteiger charge is -2.12. The van der Waals surface area contributed by atoms with Gasteiger partial charge in [0.05, 0.1) is 16.2 Å². The zero-order chi connectivity index (χ0) is 14.3. The molecule has 1 aliphatic heterocycles. The Hall–Kier alpha value is -1.82. The fourth-order valence-corrected chi connectivity index (χ4v) is 3.48. The van der Waals surface area contributed by atoms with E-state index in [1.54, 1.807) is 25.1 Å². The normalized spacial score (nSPS) is 19.0. The van der Waals surface area contributed by atoms with Crippen LogP contribution in [0.3, 0.4) is 0 Å². The minimum atomic E-state index is -0.140. The maximum absolute atomic E-state index is 12.3. The van der Waals surface area contributed by atoms with Gasteiger partial charge < -0.3 is 4.90 Å². The van der Waals surface area contributed by atoms with E-state index in [-0.39, 0.29) is 16.7 Å². The Morgan fingerprint density at radius 3 is 2.70 bits per heavy atom. The summed E-state index contributed by atoms with van der Waals surface area (Å²) in [4.78, 5) is 30.5. The lowest BCUT2D eigenvalue weighted by atomic mass is 10.2. The summed E-state index contributed by atoms with van der Waals surface area (Å²) in [7, 11) is 3.50. The quantitative estimate of drug-likeness (QED) is 0.781. The first-order valence-electron chi connectivity index (χ1n) is 6.45. The fourth-order valence-electron chi connectivity index (χ4n) is 2.33. The van der Waals surface area contributed by atoms with Crippen molar-refractivity contribution in [2.24, 2.45) is 7.05 Å². The Bertz CT molecular complexity index is 741. The Labute approximate surface area is 120 Å². The number of amides is 1.